The molecule has 2 unspecified atom stereocenters. The summed E-state index contributed by atoms with van der Waals surface area (Å²) >= 11 is 0. The molecule has 0 saturated carbocycles. The van der Waals surface area contributed by atoms with Gasteiger partial charge in [0, 0.05) is 43.4 Å². The van der Waals surface area contributed by atoms with Crippen LogP contribution in [0.3, 0.4) is 0 Å². The van der Waals surface area contributed by atoms with Crippen LogP contribution in [0, 0.1) is 5.92 Å². The summed E-state index contributed by atoms with van der Waals surface area (Å²) in [5.74, 6) is 0.638. The largest absolute Gasteiger partial charge is 0.328 e. The summed E-state index contributed by atoms with van der Waals surface area (Å²) in [7, 11) is 2.01. The van der Waals surface area contributed by atoms with E-state index < -0.39 is 0 Å². The Morgan fingerprint density at radius 2 is 2.15 bits per heavy atom. The Hall–Kier alpha value is -0.870. The van der Waals surface area contributed by atoms with Crippen LogP contribution in [0.4, 0.5) is 0 Å². The molecule has 0 aromatic carbocycles. The zero-order chi connectivity index (χ0) is 14.9. The molecule has 1 fully saturated rings. The molecule has 1 aromatic heterocycles. The summed E-state index contributed by atoms with van der Waals surface area (Å²) in [5, 5.41) is 4.67. The molecule has 0 aliphatic carbocycles. The monoisotopic (exact) mass is 278 g/mol. The number of hydrogen-bond acceptors (Lipinski definition) is 3. The van der Waals surface area contributed by atoms with Crippen molar-refractivity contribution in [3.8, 4) is 0 Å². The first kappa shape index (κ1) is 15.5. The first-order chi connectivity index (χ1) is 9.27. The average molecular weight is 278 g/mol. The molecule has 20 heavy (non-hydrogen) atoms. The van der Waals surface area contributed by atoms with Crippen molar-refractivity contribution in [3.63, 3.8) is 0 Å². The van der Waals surface area contributed by atoms with Gasteiger partial charge in [0.1, 0.15) is 0 Å². The SMILES string of the molecule is CC(N)C1CCCN(Cc2cn(C)nc2C(C)(C)C)C1. The van der Waals surface area contributed by atoms with Crippen molar-refractivity contribution in [1.82, 2.24) is 14.7 Å². The first-order valence-corrected chi connectivity index (χ1v) is 7.78. The predicted molar refractivity (Wildman–Crippen MR) is 83.6 cm³/mol. The molecule has 1 aliphatic rings. The molecule has 0 spiro atoms. The number of nitrogens with two attached hydrogens (primary N) is 1. The van der Waals surface area contributed by atoms with Crippen molar-refractivity contribution in [3.05, 3.63) is 17.5 Å². The van der Waals surface area contributed by atoms with Crippen molar-refractivity contribution >= 4 is 0 Å². The summed E-state index contributed by atoms with van der Waals surface area (Å²) in [5.41, 5.74) is 8.78. The fraction of sp³-hybridized carbons (Fsp3) is 0.812. The molecule has 2 atom stereocenters. The highest BCUT2D eigenvalue weighted by atomic mass is 15.3. The average Bonchev–Trinajstić information content (AvgIpc) is 2.70. The van der Waals surface area contributed by atoms with Gasteiger partial charge in [-0.2, -0.15) is 5.10 Å². The minimum atomic E-state index is 0.104. The van der Waals surface area contributed by atoms with Gasteiger partial charge in [0.25, 0.3) is 0 Å². The highest BCUT2D eigenvalue weighted by Gasteiger charge is 2.26. The smallest absolute Gasteiger partial charge is 0.0722 e. The van der Waals surface area contributed by atoms with E-state index in [2.05, 4.69) is 43.9 Å². The van der Waals surface area contributed by atoms with Crippen molar-refractivity contribution in [2.75, 3.05) is 13.1 Å². The van der Waals surface area contributed by atoms with Crippen LogP contribution in [0.2, 0.25) is 0 Å². The Bertz CT molecular complexity index is 442. The number of aryl methyl sites for hydroxylation is 1. The van der Waals surface area contributed by atoms with Gasteiger partial charge < -0.3 is 5.73 Å². The van der Waals surface area contributed by atoms with Gasteiger partial charge in [0.2, 0.25) is 0 Å². The predicted octanol–water partition coefficient (Wildman–Crippen LogP) is 2.28. The van der Waals surface area contributed by atoms with Crippen LogP contribution >= 0.6 is 0 Å². The maximum absolute atomic E-state index is 6.08. The van der Waals surface area contributed by atoms with Crippen LogP contribution in [0.15, 0.2) is 6.20 Å². The Morgan fingerprint density at radius 1 is 1.45 bits per heavy atom. The van der Waals surface area contributed by atoms with Crippen LogP contribution in [0.1, 0.15) is 51.8 Å². The molecule has 1 saturated heterocycles. The molecule has 2 N–H and O–H groups in total. The maximum Gasteiger partial charge on any atom is 0.0722 e. The second-order valence-electron chi connectivity index (χ2n) is 7.42. The molecule has 2 heterocycles. The molecule has 0 amide bonds. The van der Waals surface area contributed by atoms with Crippen LogP contribution in [-0.2, 0) is 19.0 Å². The molecule has 4 heteroatoms. The molecule has 1 aliphatic heterocycles. The van der Waals surface area contributed by atoms with Crippen LogP contribution in [0.5, 0.6) is 0 Å². The molecule has 4 nitrogen and oxygen atoms in total. The zero-order valence-electron chi connectivity index (χ0n) is 13.7. The maximum atomic E-state index is 6.08. The van der Waals surface area contributed by atoms with E-state index in [1.165, 1.54) is 30.6 Å². The van der Waals surface area contributed by atoms with Crippen molar-refractivity contribution in [2.24, 2.45) is 18.7 Å². The number of piperidine rings is 1. The third-order valence-electron chi connectivity index (χ3n) is 4.29. The van der Waals surface area contributed by atoms with Gasteiger partial charge in [-0.05, 0) is 32.2 Å². The summed E-state index contributed by atoms with van der Waals surface area (Å²) in [6.45, 7) is 12.2. The van der Waals surface area contributed by atoms with E-state index in [1.54, 1.807) is 0 Å². The molecular formula is C16H30N4. The molecule has 114 valence electrons. The lowest BCUT2D eigenvalue weighted by molar-refractivity contribution is 0.153. The molecular weight excluding hydrogens is 248 g/mol. The second-order valence-corrected chi connectivity index (χ2v) is 7.42. The van der Waals surface area contributed by atoms with E-state index >= 15 is 0 Å². The topological polar surface area (TPSA) is 47.1 Å². The lowest BCUT2D eigenvalue weighted by atomic mass is 9.88. The molecule has 0 radical (unpaired) electrons. The van der Waals surface area contributed by atoms with E-state index in [9.17, 15) is 0 Å². The Morgan fingerprint density at radius 3 is 2.75 bits per heavy atom. The first-order valence-electron chi connectivity index (χ1n) is 7.78. The number of hydrogen-bond donors (Lipinski definition) is 1. The lowest BCUT2D eigenvalue weighted by Gasteiger charge is -2.34. The van der Waals surface area contributed by atoms with Crippen LogP contribution in [0.25, 0.3) is 0 Å². The Labute approximate surface area is 123 Å². The van der Waals surface area contributed by atoms with E-state index in [1.807, 2.05) is 11.7 Å². The summed E-state index contributed by atoms with van der Waals surface area (Å²) in [6, 6.07) is 0.300. The summed E-state index contributed by atoms with van der Waals surface area (Å²) < 4.78 is 1.95. The zero-order valence-corrected chi connectivity index (χ0v) is 13.7. The minimum absolute atomic E-state index is 0.104. The van der Waals surface area contributed by atoms with Gasteiger partial charge in [-0.25, -0.2) is 0 Å². The number of aromatic nitrogens is 2. The van der Waals surface area contributed by atoms with Gasteiger partial charge in [-0.3, -0.25) is 9.58 Å². The van der Waals surface area contributed by atoms with E-state index in [0.29, 0.717) is 12.0 Å². The van der Waals surface area contributed by atoms with E-state index in [0.717, 1.165) is 13.1 Å². The standard InChI is InChI=1S/C16H30N4/c1-12(17)13-7-6-8-20(10-13)11-14-9-19(5)18-15(14)16(2,3)4/h9,12-13H,6-8,10-11,17H2,1-5H3. The normalized spacial score (nSPS) is 23.0. The fourth-order valence-corrected chi connectivity index (χ4v) is 3.19. The van der Waals surface area contributed by atoms with E-state index in [4.69, 9.17) is 5.73 Å². The fourth-order valence-electron chi connectivity index (χ4n) is 3.19. The van der Waals surface area contributed by atoms with Crippen molar-refractivity contribution in [1.29, 1.82) is 0 Å². The van der Waals surface area contributed by atoms with Gasteiger partial charge >= 0.3 is 0 Å². The second kappa shape index (κ2) is 5.86. The highest BCUT2D eigenvalue weighted by molar-refractivity contribution is 5.24. The third-order valence-corrected chi connectivity index (χ3v) is 4.29. The van der Waals surface area contributed by atoms with Gasteiger partial charge in [-0.1, -0.05) is 20.8 Å². The van der Waals surface area contributed by atoms with Gasteiger partial charge in [0.15, 0.2) is 0 Å². The van der Waals surface area contributed by atoms with Crippen LogP contribution in [-0.4, -0.2) is 33.8 Å². The third kappa shape index (κ3) is 3.61. The summed E-state index contributed by atoms with van der Waals surface area (Å²) in [6.07, 6.45) is 4.71. The Kier molecular flexibility index (Phi) is 4.55. The molecule has 1 aromatic rings. The van der Waals surface area contributed by atoms with Gasteiger partial charge in [0.05, 0.1) is 5.69 Å². The number of nitrogens with zero attached hydrogens (tertiary/aromatic N) is 3. The van der Waals surface area contributed by atoms with Crippen LogP contribution < -0.4 is 5.73 Å². The number of likely N-dealkylation sites (tertiary alicyclic amines) is 1. The van der Waals surface area contributed by atoms with Gasteiger partial charge in [-0.15, -0.1) is 0 Å². The minimum Gasteiger partial charge on any atom is -0.328 e. The molecule has 0 bridgehead atoms. The summed E-state index contributed by atoms with van der Waals surface area (Å²) in [4.78, 5) is 2.55. The highest BCUT2D eigenvalue weighted by Crippen LogP contribution is 2.27. The van der Waals surface area contributed by atoms with Crippen molar-refractivity contribution in [2.45, 2.75) is 58.5 Å². The quantitative estimate of drug-likeness (QED) is 0.922. The Balaban J connectivity index is 2.10. The number of rotatable bonds is 3. The lowest BCUT2D eigenvalue weighted by Crippen LogP contribution is -2.42. The molecule has 2 rings (SSSR count). The van der Waals surface area contributed by atoms with Crippen molar-refractivity contribution < 1.29 is 0 Å². The van der Waals surface area contributed by atoms with E-state index in [-0.39, 0.29) is 5.41 Å².